The second-order valence-electron chi connectivity index (χ2n) is 9.19. The van der Waals surface area contributed by atoms with Gasteiger partial charge in [-0.1, -0.05) is 102 Å². The smallest absolute Gasteiger partial charge is 0.324 e. The van der Waals surface area contributed by atoms with Gasteiger partial charge in [0.05, 0.1) is 0 Å². The van der Waals surface area contributed by atoms with Gasteiger partial charge in [-0.3, -0.25) is 0 Å². The highest BCUT2D eigenvalue weighted by Gasteiger charge is 2.26. The van der Waals surface area contributed by atoms with Crippen LogP contribution in [0.2, 0.25) is 11.1 Å². The van der Waals surface area contributed by atoms with Crippen molar-refractivity contribution in [2.45, 2.75) is 130 Å². The summed E-state index contributed by atoms with van der Waals surface area (Å²) in [5.74, 6) is 2.39. The summed E-state index contributed by atoms with van der Waals surface area (Å²) in [7, 11) is 0.911. The third kappa shape index (κ3) is 19.1. The fraction of sp³-hybridized carbons (Fsp3) is 1.00. The van der Waals surface area contributed by atoms with Gasteiger partial charge in [0.15, 0.2) is 0 Å². The van der Waals surface area contributed by atoms with E-state index in [2.05, 4.69) is 41.5 Å². The molecule has 2 atom stereocenters. The van der Waals surface area contributed by atoms with Crippen molar-refractivity contribution in [1.29, 1.82) is 0 Å². The lowest BCUT2D eigenvalue weighted by Crippen LogP contribution is -2.30. The minimum absolute atomic E-state index is 0.626. The number of rotatable bonds is 27. The molecule has 2 unspecified atom stereocenters. The first-order valence-corrected chi connectivity index (χ1v) is 20.1. The van der Waals surface area contributed by atoms with Gasteiger partial charge in [-0.15, -0.1) is 0 Å². The molecule has 0 fully saturated rings. The maximum atomic E-state index is 6.29. The molecule has 0 aromatic carbocycles. The molecule has 0 saturated heterocycles. The first-order chi connectivity index (χ1) is 16.7. The molecular formula is C26H58O4S2Si2. The summed E-state index contributed by atoms with van der Waals surface area (Å²) in [6, 6.07) is 0. The van der Waals surface area contributed by atoms with Gasteiger partial charge >= 0.3 is 18.6 Å². The van der Waals surface area contributed by atoms with Gasteiger partial charge in [-0.25, -0.2) is 0 Å². The third-order valence-electron chi connectivity index (χ3n) is 6.17. The number of unbranched alkanes of at least 4 members (excludes halogenated alkanes) is 4. The van der Waals surface area contributed by atoms with Crippen LogP contribution in [0.25, 0.3) is 0 Å². The average molecular weight is 555 g/mol. The normalized spacial score (nSPS) is 13.8. The number of hydrogen-bond acceptors (Lipinski definition) is 6. The second-order valence-corrected chi connectivity index (χ2v) is 16.6. The second kappa shape index (κ2) is 27.0. The topological polar surface area (TPSA) is 36.9 Å². The molecule has 0 rings (SSSR count). The molecule has 0 aromatic heterocycles. The molecule has 0 amide bonds. The van der Waals surface area contributed by atoms with Gasteiger partial charge < -0.3 is 17.7 Å². The molecular weight excluding hydrogens is 497 g/mol. The van der Waals surface area contributed by atoms with Crippen LogP contribution in [0.4, 0.5) is 0 Å². The first-order valence-electron chi connectivity index (χ1n) is 14.4. The first kappa shape index (κ1) is 35.0. The van der Waals surface area contributed by atoms with E-state index >= 15 is 0 Å². The van der Waals surface area contributed by atoms with E-state index in [1.165, 1.54) is 62.9 Å². The van der Waals surface area contributed by atoms with E-state index in [9.17, 15) is 0 Å². The summed E-state index contributed by atoms with van der Waals surface area (Å²) in [6.45, 7) is 17.0. The van der Waals surface area contributed by atoms with Crippen LogP contribution < -0.4 is 0 Å². The van der Waals surface area contributed by atoms with E-state index < -0.39 is 18.6 Å². The van der Waals surface area contributed by atoms with Crippen molar-refractivity contribution in [2.75, 3.05) is 37.9 Å². The lowest BCUT2D eigenvalue weighted by atomic mass is 10.3. The molecule has 0 N–H and O–H groups in total. The predicted molar refractivity (Wildman–Crippen MR) is 160 cm³/mol. The fourth-order valence-corrected chi connectivity index (χ4v) is 10.9. The lowest BCUT2D eigenvalue weighted by molar-refractivity contribution is 0.181. The Morgan fingerprint density at radius 1 is 0.500 bits per heavy atom. The van der Waals surface area contributed by atoms with Gasteiger partial charge in [0, 0.05) is 49.0 Å². The molecule has 206 valence electrons. The lowest BCUT2D eigenvalue weighted by Gasteiger charge is -2.25. The Balaban J connectivity index is 4.39. The highest BCUT2D eigenvalue weighted by atomic mass is 33.1. The molecule has 0 radical (unpaired) electrons. The molecule has 0 aliphatic heterocycles. The molecule has 0 bridgehead atoms. The van der Waals surface area contributed by atoms with Gasteiger partial charge in [0.1, 0.15) is 0 Å². The van der Waals surface area contributed by atoms with Gasteiger partial charge in [0.25, 0.3) is 0 Å². The van der Waals surface area contributed by atoms with Crippen LogP contribution in [0, 0.1) is 0 Å². The van der Waals surface area contributed by atoms with Crippen molar-refractivity contribution in [1.82, 2.24) is 0 Å². The van der Waals surface area contributed by atoms with Crippen molar-refractivity contribution in [3.63, 3.8) is 0 Å². The molecule has 0 aromatic rings. The van der Waals surface area contributed by atoms with Crippen molar-refractivity contribution in [3.8, 4) is 0 Å². The minimum atomic E-state index is -1.58. The highest BCUT2D eigenvalue weighted by molar-refractivity contribution is 8.76. The minimum Gasteiger partial charge on any atom is -0.396 e. The van der Waals surface area contributed by atoms with Crippen LogP contribution in [-0.4, -0.2) is 56.5 Å². The predicted octanol–water partition coefficient (Wildman–Crippen LogP) is 8.42. The van der Waals surface area contributed by atoms with Gasteiger partial charge in [0.2, 0.25) is 0 Å². The van der Waals surface area contributed by atoms with Gasteiger partial charge in [-0.2, -0.15) is 0 Å². The van der Waals surface area contributed by atoms with Crippen LogP contribution in [0.1, 0.15) is 119 Å². The molecule has 34 heavy (non-hydrogen) atoms. The molecule has 0 spiro atoms. The molecule has 0 heterocycles. The summed E-state index contributed by atoms with van der Waals surface area (Å²) in [4.78, 5) is 0. The Hall–Kier alpha value is 0.974. The average Bonchev–Trinajstić information content (AvgIpc) is 2.85. The summed E-state index contributed by atoms with van der Waals surface area (Å²) >= 11 is 0. The Labute approximate surface area is 224 Å². The molecule has 0 saturated carbocycles. The van der Waals surface area contributed by atoms with E-state index in [0.717, 1.165) is 52.1 Å². The third-order valence-corrected chi connectivity index (χ3v) is 14.0. The van der Waals surface area contributed by atoms with Crippen molar-refractivity contribution in [2.24, 2.45) is 0 Å². The quantitative estimate of drug-likeness (QED) is 0.0576. The zero-order chi connectivity index (χ0) is 25.3. The van der Waals surface area contributed by atoms with Gasteiger partial charge in [-0.05, 0) is 38.5 Å². The zero-order valence-corrected chi connectivity index (χ0v) is 27.4. The molecule has 0 aliphatic rings. The molecule has 4 nitrogen and oxygen atoms in total. The maximum absolute atomic E-state index is 6.29. The Kier molecular flexibility index (Phi) is 27.8. The van der Waals surface area contributed by atoms with E-state index in [0.29, 0.717) is 11.1 Å². The summed E-state index contributed by atoms with van der Waals surface area (Å²) in [5.41, 5.74) is 1.25. The standard InChI is InChI=1S/C26H58O4S2Si2/c1-7-13-19-27-33(28-20-14-8-2)25(11-5)17-23-31-32-24-18-26(12-6)34(29-21-15-9-3)30-22-16-10-4/h25-26,33-34H,7-24H2,1-6H3. The Morgan fingerprint density at radius 2 is 0.794 bits per heavy atom. The SMILES string of the molecule is CCCCO[SiH](OCCCC)C(CC)CCSSCCC(CC)[SiH](OCCCC)OCCCC. The van der Waals surface area contributed by atoms with E-state index in [4.69, 9.17) is 17.7 Å². The molecule has 8 heteroatoms. The summed E-state index contributed by atoms with van der Waals surface area (Å²) < 4.78 is 25.2. The monoisotopic (exact) mass is 554 g/mol. The van der Waals surface area contributed by atoms with Crippen LogP contribution >= 0.6 is 21.6 Å². The highest BCUT2D eigenvalue weighted by Crippen LogP contribution is 2.32. The fourth-order valence-electron chi connectivity index (χ4n) is 3.60. The maximum Gasteiger partial charge on any atom is 0.324 e. The van der Waals surface area contributed by atoms with E-state index in [1.807, 2.05) is 21.6 Å². The van der Waals surface area contributed by atoms with E-state index in [1.54, 1.807) is 0 Å². The van der Waals surface area contributed by atoms with Crippen molar-refractivity contribution in [3.05, 3.63) is 0 Å². The Morgan fingerprint density at radius 3 is 1.03 bits per heavy atom. The molecule has 0 aliphatic carbocycles. The summed E-state index contributed by atoms with van der Waals surface area (Å²) in [5, 5.41) is 0. The van der Waals surface area contributed by atoms with Crippen molar-refractivity contribution < 1.29 is 17.7 Å². The summed E-state index contributed by atoms with van der Waals surface area (Å²) in [6.07, 6.45) is 14.1. The van der Waals surface area contributed by atoms with E-state index in [-0.39, 0.29) is 0 Å². The van der Waals surface area contributed by atoms with Crippen LogP contribution in [0.5, 0.6) is 0 Å². The van der Waals surface area contributed by atoms with Crippen LogP contribution in [-0.2, 0) is 17.7 Å². The Bertz CT molecular complexity index is 355. The largest absolute Gasteiger partial charge is 0.396 e. The van der Waals surface area contributed by atoms with Crippen molar-refractivity contribution >= 4 is 40.2 Å². The number of hydrogen-bond donors (Lipinski definition) is 0. The van der Waals surface area contributed by atoms with Crippen LogP contribution in [0.3, 0.4) is 0 Å². The van der Waals surface area contributed by atoms with Crippen LogP contribution in [0.15, 0.2) is 0 Å². The zero-order valence-electron chi connectivity index (χ0n) is 23.5.